The Morgan fingerprint density at radius 3 is 2.65 bits per heavy atom. The third-order valence-corrected chi connectivity index (χ3v) is 3.64. The minimum atomic E-state index is 0.126. The molecule has 0 aliphatic rings. The Balaban J connectivity index is 2.18. The molecule has 90 valence electrons. The fourth-order valence-electron chi connectivity index (χ4n) is 1.74. The van der Waals surface area contributed by atoms with Gasteiger partial charge < -0.3 is 9.73 Å². The molecule has 4 heteroatoms. The molecule has 0 saturated heterocycles. The molecule has 1 heterocycles. The Morgan fingerprint density at radius 1 is 1.29 bits per heavy atom. The summed E-state index contributed by atoms with van der Waals surface area (Å²) in [5.74, 6) is 0.855. The maximum Gasteiger partial charge on any atom is 0.193 e. The van der Waals surface area contributed by atoms with Crippen molar-refractivity contribution in [2.45, 2.75) is 12.5 Å². The lowest BCUT2D eigenvalue weighted by molar-refractivity contribution is 0.430. The highest BCUT2D eigenvalue weighted by atomic mass is 79.9. The van der Waals surface area contributed by atoms with Gasteiger partial charge in [-0.1, -0.05) is 34.1 Å². The van der Waals surface area contributed by atoms with Crippen LogP contribution in [-0.4, -0.2) is 7.05 Å². The molecule has 2 aromatic rings. The molecule has 2 rings (SSSR count). The van der Waals surface area contributed by atoms with Crippen molar-refractivity contribution in [2.24, 2.45) is 0 Å². The van der Waals surface area contributed by atoms with E-state index in [2.05, 4.69) is 27.3 Å². The van der Waals surface area contributed by atoms with Crippen LogP contribution in [-0.2, 0) is 6.42 Å². The smallest absolute Gasteiger partial charge is 0.193 e. The number of hydrogen-bond donors (Lipinski definition) is 1. The molecular formula is C13H13BrClNO. The number of rotatable bonds is 4. The lowest BCUT2D eigenvalue weighted by Gasteiger charge is -2.14. The predicted octanol–water partition coefficient (Wildman–Crippen LogP) is 4.20. The maximum atomic E-state index is 5.79. The van der Waals surface area contributed by atoms with E-state index in [1.807, 2.05) is 31.3 Å². The average molecular weight is 315 g/mol. The first-order valence-electron chi connectivity index (χ1n) is 5.36. The summed E-state index contributed by atoms with van der Waals surface area (Å²) in [6.45, 7) is 0. The summed E-state index contributed by atoms with van der Waals surface area (Å²) in [7, 11) is 1.91. The molecule has 0 amide bonds. The summed E-state index contributed by atoms with van der Waals surface area (Å²) in [4.78, 5) is 0. The van der Waals surface area contributed by atoms with Gasteiger partial charge in [0, 0.05) is 4.47 Å². The lowest BCUT2D eigenvalue weighted by Crippen LogP contribution is -2.18. The molecular weight excluding hydrogens is 302 g/mol. The number of likely N-dealkylation sites (N-methyl/N-ethyl adjacent to an activating group) is 1. The van der Waals surface area contributed by atoms with Crippen LogP contribution in [0.1, 0.15) is 17.4 Å². The molecule has 17 heavy (non-hydrogen) atoms. The third kappa shape index (κ3) is 3.12. The highest BCUT2D eigenvalue weighted by molar-refractivity contribution is 9.10. The van der Waals surface area contributed by atoms with Crippen molar-refractivity contribution in [3.63, 3.8) is 0 Å². The Morgan fingerprint density at radius 2 is 2.06 bits per heavy atom. The molecule has 2 nitrogen and oxygen atoms in total. The van der Waals surface area contributed by atoms with Gasteiger partial charge in [-0.15, -0.1) is 0 Å². The molecule has 1 aromatic heterocycles. The highest BCUT2D eigenvalue weighted by Crippen LogP contribution is 2.26. The quantitative estimate of drug-likeness (QED) is 0.915. The van der Waals surface area contributed by atoms with Gasteiger partial charge in [0.2, 0.25) is 0 Å². The lowest BCUT2D eigenvalue weighted by atomic mass is 10.0. The van der Waals surface area contributed by atoms with Gasteiger partial charge in [0.25, 0.3) is 0 Å². The van der Waals surface area contributed by atoms with E-state index in [9.17, 15) is 0 Å². The minimum Gasteiger partial charge on any atom is -0.448 e. The Hall–Kier alpha value is -0.770. The number of nitrogens with one attached hydrogen (secondary N) is 1. The topological polar surface area (TPSA) is 25.2 Å². The number of furan rings is 1. The van der Waals surface area contributed by atoms with E-state index in [1.54, 1.807) is 6.07 Å². The monoisotopic (exact) mass is 313 g/mol. The van der Waals surface area contributed by atoms with E-state index in [-0.39, 0.29) is 6.04 Å². The van der Waals surface area contributed by atoms with Crippen LogP contribution in [0.15, 0.2) is 45.3 Å². The summed E-state index contributed by atoms with van der Waals surface area (Å²) < 4.78 is 6.55. The summed E-state index contributed by atoms with van der Waals surface area (Å²) in [6, 6.07) is 12.0. The van der Waals surface area contributed by atoms with Gasteiger partial charge in [-0.2, -0.15) is 0 Å². The fraction of sp³-hybridized carbons (Fsp3) is 0.231. The summed E-state index contributed by atoms with van der Waals surface area (Å²) in [6.07, 6.45) is 0.849. The van der Waals surface area contributed by atoms with E-state index in [1.165, 1.54) is 5.56 Å². The van der Waals surface area contributed by atoms with Gasteiger partial charge in [0.15, 0.2) is 5.22 Å². The van der Waals surface area contributed by atoms with Crippen molar-refractivity contribution in [3.8, 4) is 0 Å². The summed E-state index contributed by atoms with van der Waals surface area (Å²) in [5.41, 5.74) is 1.24. The Labute approximate surface area is 114 Å². The van der Waals surface area contributed by atoms with E-state index in [4.69, 9.17) is 16.0 Å². The van der Waals surface area contributed by atoms with Crippen molar-refractivity contribution in [1.29, 1.82) is 0 Å². The zero-order valence-corrected chi connectivity index (χ0v) is 11.8. The molecule has 0 fully saturated rings. The average Bonchev–Trinajstić information content (AvgIpc) is 2.75. The minimum absolute atomic E-state index is 0.126. The van der Waals surface area contributed by atoms with Gasteiger partial charge in [0.05, 0.1) is 6.04 Å². The molecule has 0 aliphatic heterocycles. The highest BCUT2D eigenvalue weighted by Gasteiger charge is 2.15. The molecule has 1 atom stereocenters. The van der Waals surface area contributed by atoms with Crippen molar-refractivity contribution < 1.29 is 4.42 Å². The molecule has 0 spiro atoms. The van der Waals surface area contributed by atoms with Gasteiger partial charge in [-0.3, -0.25) is 0 Å². The van der Waals surface area contributed by atoms with Gasteiger partial charge >= 0.3 is 0 Å². The number of halogens is 2. The second-order valence-electron chi connectivity index (χ2n) is 3.78. The first kappa shape index (κ1) is 12.7. The van der Waals surface area contributed by atoms with Crippen molar-refractivity contribution in [2.75, 3.05) is 7.05 Å². The van der Waals surface area contributed by atoms with Gasteiger partial charge in [-0.05, 0) is 48.8 Å². The first-order valence-corrected chi connectivity index (χ1v) is 6.53. The molecule has 1 N–H and O–H groups in total. The Bertz CT molecular complexity index is 498. The van der Waals surface area contributed by atoms with Crippen LogP contribution in [0.25, 0.3) is 0 Å². The second kappa shape index (κ2) is 5.71. The molecule has 0 radical (unpaired) electrons. The number of benzene rings is 1. The van der Waals surface area contributed by atoms with Gasteiger partial charge in [0.1, 0.15) is 5.76 Å². The van der Waals surface area contributed by atoms with Crippen LogP contribution in [0, 0.1) is 0 Å². The molecule has 1 aromatic carbocycles. The number of hydrogen-bond acceptors (Lipinski definition) is 2. The van der Waals surface area contributed by atoms with E-state index >= 15 is 0 Å². The predicted molar refractivity (Wildman–Crippen MR) is 73.4 cm³/mol. The van der Waals surface area contributed by atoms with Crippen LogP contribution in [0.5, 0.6) is 0 Å². The van der Waals surface area contributed by atoms with Crippen LogP contribution in [0.3, 0.4) is 0 Å². The molecule has 0 saturated carbocycles. The van der Waals surface area contributed by atoms with Crippen LogP contribution in [0.2, 0.25) is 5.22 Å². The third-order valence-electron chi connectivity index (χ3n) is 2.67. The molecule has 0 aliphatic carbocycles. The maximum absolute atomic E-state index is 5.79. The van der Waals surface area contributed by atoms with Crippen molar-refractivity contribution in [1.82, 2.24) is 5.32 Å². The van der Waals surface area contributed by atoms with Gasteiger partial charge in [-0.25, -0.2) is 0 Å². The van der Waals surface area contributed by atoms with Crippen LogP contribution >= 0.6 is 27.5 Å². The van der Waals surface area contributed by atoms with E-state index in [0.717, 1.165) is 16.7 Å². The molecule has 1 unspecified atom stereocenters. The van der Waals surface area contributed by atoms with Crippen molar-refractivity contribution in [3.05, 3.63) is 57.4 Å². The second-order valence-corrected chi connectivity index (χ2v) is 5.01. The standard InChI is InChI=1S/C13H13BrClNO/c1-16-11(12-6-7-13(15)17-12)8-9-4-2-3-5-10(9)14/h2-7,11,16H,8H2,1H3. The SMILES string of the molecule is CNC(Cc1ccccc1Br)c1ccc(Cl)o1. The van der Waals surface area contributed by atoms with E-state index < -0.39 is 0 Å². The zero-order valence-electron chi connectivity index (χ0n) is 9.41. The zero-order chi connectivity index (χ0) is 12.3. The first-order chi connectivity index (χ1) is 8.20. The normalized spacial score (nSPS) is 12.6. The largest absolute Gasteiger partial charge is 0.448 e. The van der Waals surface area contributed by atoms with E-state index in [0.29, 0.717) is 5.22 Å². The van der Waals surface area contributed by atoms with Crippen LogP contribution in [0.4, 0.5) is 0 Å². The fourth-order valence-corrected chi connectivity index (χ4v) is 2.34. The Kier molecular flexibility index (Phi) is 4.26. The van der Waals surface area contributed by atoms with Crippen LogP contribution < -0.4 is 5.32 Å². The summed E-state index contributed by atoms with van der Waals surface area (Å²) >= 11 is 9.34. The molecule has 0 bridgehead atoms. The summed E-state index contributed by atoms with van der Waals surface area (Å²) in [5, 5.41) is 3.66. The van der Waals surface area contributed by atoms with Crippen molar-refractivity contribution >= 4 is 27.5 Å².